The van der Waals surface area contributed by atoms with Crippen molar-refractivity contribution in [1.29, 1.82) is 0 Å². The van der Waals surface area contributed by atoms with Crippen molar-refractivity contribution in [3.63, 3.8) is 0 Å². The maximum absolute atomic E-state index is 12.1. The number of piperazine rings is 1. The molecule has 0 aromatic heterocycles. The number of ether oxygens (including phenoxy) is 1. The number of para-hydroxylation sites is 1. The van der Waals surface area contributed by atoms with E-state index in [9.17, 15) is 9.59 Å². The average molecular weight is 305 g/mol. The van der Waals surface area contributed by atoms with Crippen LogP contribution in [0.4, 0.5) is 0 Å². The lowest BCUT2D eigenvalue weighted by atomic mass is 10.2. The molecule has 1 aliphatic rings. The Hall–Kier alpha value is -2.08. The molecule has 2 amide bonds. The van der Waals surface area contributed by atoms with Gasteiger partial charge in [0.2, 0.25) is 11.8 Å². The molecule has 1 aromatic rings. The fourth-order valence-electron chi connectivity index (χ4n) is 2.46. The van der Waals surface area contributed by atoms with Gasteiger partial charge in [0, 0.05) is 26.2 Å². The first-order valence-electron chi connectivity index (χ1n) is 7.56. The van der Waals surface area contributed by atoms with E-state index in [4.69, 9.17) is 10.5 Å². The van der Waals surface area contributed by atoms with Crippen LogP contribution in [0.25, 0.3) is 0 Å². The van der Waals surface area contributed by atoms with Gasteiger partial charge in [-0.2, -0.15) is 0 Å². The Morgan fingerprint density at radius 2 is 1.68 bits per heavy atom. The van der Waals surface area contributed by atoms with Crippen LogP contribution in [0.2, 0.25) is 0 Å². The predicted octanol–water partition coefficient (Wildman–Crippen LogP) is 0.393. The van der Waals surface area contributed by atoms with Crippen LogP contribution in [0.1, 0.15) is 12.0 Å². The first kappa shape index (κ1) is 16.3. The maximum atomic E-state index is 12.1. The van der Waals surface area contributed by atoms with Gasteiger partial charge in [-0.1, -0.05) is 18.2 Å². The highest BCUT2D eigenvalue weighted by Gasteiger charge is 2.23. The minimum Gasteiger partial charge on any atom is -0.493 e. The van der Waals surface area contributed by atoms with E-state index in [-0.39, 0.29) is 18.4 Å². The molecule has 1 heterocycles. The number of rotatable bonds is 5. The van der Waals surface area contributed by atoms with E-state index in [1.807, 2.05) is 31.2 Å². The molecule has 6 nitrogen and oxygen atoms in total. The van der Waals surface area contributed by atoms with Gasteiger partial charge in [0.1, 0.15) is 5.75 Å². The lowest BCUT2D eigenvalue weighted by Gasteiger charge is -2.34. The number of carbonyl (C=O) groups is 2. The van der Waals surface area contributed by atoms with E-state index in [0.29, 0.717) is 39.2 Å². The SMILES string of the molecule is Cc1ccccc1OCCC(=O)N1CCN(C(=O)CN)CC1. The summed E-state index contributed by atoms with van der Waals surface area (Å²) >= 11 is 0. The normalized spacial score (nSPS) is 14.8. The Labute approximate surface area is 130 Å². The summed E-state index contributed by atoms with van der Waals surface area (Å²) in [6.45, 7) is 4.61. The Morgan fingerprint density at radius 1 is 1.09 bits per heavy atom. The summed E-state index contributed by atoms with van der Waals surface area (Å²) in [5.74, 6) is 0.817. The third kappa shape index (κ3) is 4.21. The molecule has 120 valence electrons. The first-order chi connectivity index (χ1) is 10.6. The van der Waals surface area contributed by atoms with Gasteiger partial charge in [0.05, 0.1) is 19.6 Å². The van der Waals surface area contributed by atoms with Crippen molar-refractivity contribution in [2.24, 2.45) is 5.73 Å². The number of nitrogens with zero attached hydrogens (tertiary/aromatic N) is 2. The molecule has 1 aliphatic heterocycles. The van der Waals surface area contributed by atoms with Crippen molar-refractivity contribution in [3.8, 4) is 5.75 Å². The van der Waals surface area contributed by atoms with Gasteiger partial charge in [-0.3, -0.25) is 9.59 Å². The van der Waals surface area contributed by atoms with E-state index in [1.165, 1.54) is 0 Å². The van der Waals surface area contributed by atoms with Gasteiger partial charge in [0.15, 0.2) is 0 Å². The van der Waals surface area contributed by atoms with Crippen molar-refractivity contribution < 1.29 is 14.3 Å². The van der Waals surface area contributed by atoms with Crippen molar-refractivity contribution in [3.05, 3.63) is 29.8 Å². The fraction of sp³-hybridized carbons (Fsp3) is 0.500. The molecule has 0 aliphatic carbocycles. The number of aryl methyl sites for hydroxylation is 1. The molecule has 0 spiro atoms. The molecule has 2 N–H and O–H groups in total. The average Bonchev–Trinajstić information content (AvgIpc) is 2.56. The van der Waals surface area contributed by atoms with E-state index < -0.39 is 0 Å². The molecular formula is C16H23N3O3. The van der Waals surface area contributed by atoms with Crippen LogP contribution in [0.15, 0.2) is 24.3 Å². The lowest BCUT2D eigenvalue weighted by molar-refractivity contribution is -0.139. The zero-order valence-corrected chi connectivity index (χ0v) is 13.0. The standard InChI is InChI=1S/C16H23N3O3/c1-13-4-2-3-5-14(13)22-11-6-15(20)18-7-9-19(10-8-18)16(21)12-17/h2-5H,6-12,17H2,1H3. The van der Waals surface area contributed by atoms with E-state index in [2.05, 4.69) is 0 Å². The van der Waals surface area contributed by atoms with Crippen LogP contribution in [-0.2, 0) is 9.59 Å². The molecule has 6 heteroatoms. The van der Waals surface area contributed by atoms with Crippen molar-refractivity contribution in [1.82, 2.24) is 9.80 Å². The second-order valence-electron chi connectivity index (χ2n) is 5.33. The molecule has 0 bridgehead atoms. The largest absolute Gasteiger partial charge is 0.493 e. The summed E-state index contributed by atoms with van der Waals surface area (Å²) < 4.78 is 5.65. The molecule has 0 radical (unpaired) electrons. The van der Waals surface area contributed by atoms with Crippen molar-refractivity contribution >= 4 is 11.8 Å². The van der Waals surface area contributed by atoms with Gasteiger partial charge in [-0.05, 0) is 18.6 Å². The van der Waals surface area contributed by atoms with Gasteiger partial charge in [0.25, 0.3) is 0 Å². The molecule has 0 unspecified atom stereocenters. The summed E-state index contributed by atoms with van der Waals surface area (Å²) in [5.41, 5.74) is 6.40. The summed E-state index contributed by atoms with van der Waals surface area (Å²) in [6.07, 6.45) is 0.346. The maximum Gasteiger partial charge on any atom is 0.236 e. The highest BCUT2D eigenvalue weighted by atomic mass is 16.5. The molecule has 2 rings (SSSR count). The number of amides is 2. The van der Waals surface area contributed by atoms with E-state index in [0.717, 1.165) is 11.3 Å². The third-order valence-electron chi connectivity index (χ3n) is 3.83. The van der Waals surface area contributed by atoms with E-state index >= 15 is 0 Å². The zero-order valence-electron chi connectivity index (χ0n) is 13.0. The van der Waals surface area contributed by atoms with Gasteiger partial charge in [-0.25, -0.2) is 0 Å². The molecule has 0 saturated carbocycles. The van der Waals surface area contributed by atoms with Crippen LogP contribution in [-0.4, -0.2) is 60.9 Å². The van der Waals surface area contributed by atoms with Gasteiger partial charge in [-0.15, -0.1) is 0 Å². The van der Waals surface area contributed by atoms with Crippen LogP contribution in [0.3, 0.4) is 0 Å². The second kappa shape index (κ2) is 7.79. The molecule has 1 saturated heterocycles. The zero-order chi connectivity index (χ0) is 15.9. The summed E-state index contributed by atoms with van der Waals surface area (Å²) in [6, 6.07) is 7.75. The number of carbonyl (C=O) groups excluding carboxylic acids is 2. The quantitative estimate of drug-likeness (QED) is 0.854. The summed E-state index contributed by atoms with van der Waals surface area (Å²) in [4.78, 5) is 27.1. The molecule has 1 fully saturated rings. The van der Waals surface area contributed by atoms with Crippen LogP contribution in [0, 0.1) is 6.92 Å². The smallest absolute Gasteiger partial charge is 0.236 e. The Morgan fingerprint density at radius 3 is 2.27 bits per heavy atom. The monoisotopic (exact) mass is 305 g/mol. The second-order valence-corrected chi connectivity index (χ2v) is 5.33. The summed E-state index contributed by atoms with van der Waals surface area (Å²) in [7, 11) is 0. The Kier molecular flexibility index (Phi) is 5.77. The third-order valence-corrected chi connectivity index (χ3v) is 3.83. The Balaban J connectivity index is 1.72. The van der Waals surface area contributed by atoms with E-state index in [1.54, 1.807) is 9.80 Å². The minimum atomic E-state index is -0.0602. The highest BCUT2D eigenvalue weighted by Crippen LogP contribution is 2.16. The highest BCUT2D eigenvalue weighted by molar-refractivity contribution is 5.79. The Bertz CT molecular complexity index is 525. The molecule has 22 heavy (non-hydrogen) atoms. The van der Waals surface area contributed by atoms with Gasteiger partial charge < -0.3 is 20.3 Å². The van der Waals surface area contributed by atoms with Crippen LogP contribution in [0.5, 0.6) is 5.75 Å². The predicted molar refractivity (Wildman–Crippen MR) is 83.5 cm³/mol. The number of nitrogens with two attached hydrogens (primary N) is 1. The molecular weight excluding hydrogens is 282 g/mol. The fourth-order valence-corrected chi connectivity index (χ4v) is 2.46. The summed E-state index contributed by atoms with van der Waals surface area (Å²) in [5, 5.41) is 0. The number of hydrogen-bond acceptors (Lipinski definition) is 4. The number of hydrogen-bond donors (Lipinski definition) is 1. The number of benzene rings is 1. The lowest BCUT2D eigenvalue weighted by Crippen LogP contribution is -2.52. The van der Waals surface area contributed by atoms with Crippen LogP contribution < -0.4 is 10.5 Å². The first-order valence-corrected chi connectivity index (χ1v) is 7.56. The van der Waals surface area contributed by atoms with Gasteiger partial charge >= 0.3 is 0 Å². The van der Waals surface area contributed by atoms with Crippen molar-refractivity contribution in [2.75, 3.05) is 39.3 Å². The minimum absolute atomic E-state index is 0.0260. The molecule has 0 atom stereocenters. The van der Waals surface area contributed by atoms with Crippen molar-refractivity contribution in [2.45, 2.75) is 13.3 Å². The molecule has 1 aromatic carbocycles. The van der Waals surface area contributed by atoms with Crippen LogP contribution >= 0.6 is 0 Å². The topological polar surface area (TPSA) is 75.9 Å².